The van der Waals surface area contributed by atoms with Crippen molar-refractivity contribution >= 4 is 22.6 Å². The van der Waals surface area contributed by atoms with Crippen LogP contribution in [0, 0.1) is 5.95 Å². The van der Waals surface area contributed by atoms with Crippen LogP contribution in [-0.2, 0) is 16.1 Å². The lowest BCUT2D eigenvalue weighted by Crippen LogP contribution is -2.50. The monoisotopic (exact) mass is 599 g/mol. The summed E-state index contributed by atoms with van der Waals surface area (Å²) in [6.07, 6.45) is 1.11. The molecule has 5 heterocycles. The van der Waals surface area contributed by atoms with E-state index in [1.165, 1.54) is 15.8 Å². The van der Waals surface area contributed by atoms with Gasteiger partial charge in [0.1, 0.15) is 12.4 Å². The number of hydrogen-bond acceptors (Lipinski definition) is 7. The van der Waals surface area contributed by atoms with Crippen molar-refractivity contribution in [2.45, 2.75) is 43.9 Å². The van der Waals surface area contributed by atoms with Gasteiger partial charge in [-0.3, -0.25) is 18.8 Å². The highest BCUT2D eigenvalue weighted by Gasteiger charge is 2.36. The van der Waals surface area contributed by atoms with Gasteiger partial charge in [-0.2, -0.15) is 4.39 Å². The molecule has 2 aliphatic heterocycles. The fourth-order valence-electron chi connectivity index (χ4n) is 5.77. The Morgan fingerprint density at radius 2 is 1.70 bits per heavy atom. The number of aromatic nitrogens is 5. The van der Waals surface area contributed by atoms with Gasteiger partial charge < -0.3 is 24.2 Å². The third-order valence-electron chi connectivity index (χ3n) is 8.28. The SMILES string of the molecule is O=C(C[C@@H](C(F)F)n1ccc(F)n1)N1CCC(O)(Cn2cnc3c(ccn3-c3ccc(N4CCOCC4)cc3)c2=O)CC1. The molecule has 0 radical (unpaired) electrons. The van der Waals surface area contributed by atoms with Crippen molar-refractivity contribution in [3.05, 3.63) is 71.4 Å². The van der Waals surface area contributed by atoms with Gasteiger partial charge in [0.25, 0.3) is 12.0 Å². The maximum atomic E-state index is 13.6. The van der Waals surface area contributed by atoms with Gasteiger partial charge in [-0.1, -0.05) is 0 Å². The van der Waals surface area contributed by atoms with E-state index in [4.69, 9.17) is 4.74 Å². The number of morpholine rings is 1. The van der Waals surface area contributed by atoms with Crippen molar-refractivity contribution in [1.29, 1.82) is 0 Å². The van der Waals surface area contributed by atoms with Gasteiger partial charge in [0.2, 0.25) is 11.9 Å². The predicted octanol–water partition coefficient (Wildman–Crippen LogP) is 2.61. The first-order valence-electron chi connectivity index (χ1n) is 14.2. The zero-order chi connectivity index (χ0) is 30.1. The number of anilines is 1. The second-order valence-electron chi connectivity index (χ2n) is 11.0. The molecule has 2 fully saturated rings. The molecule has 2 saturated heterocycles. The van der Waals surface area contributed by atoms with E-state index in [2.05, 4.69) is 15.0 Å². The van der Waals surface area contributed by atoms with Crippen LogP contribution >= 0.6 is 0 Å². The topological polar surface area (TPSA) is 111 Å². The van der Waals surface area contributed by atoms with Gasteiger partial charge in [-0.15, -0.1) is 5.10 Å². The molecule has 14 heteroatoms. The first kappa shape index (κ1) is 28.9. The molecule has 0 bridgehead atoms. The van der Waals surface area contributed by atoms with E-state index in [0.717, 1.165) is 41.4 Å². The Morgan fingerprint density at radius 3 is 2.35 bits per heavy atom. The van der Waals surface area contributed by atoms with E-state index in [1.807, 2.05) is 28.8 Å². The molecule has 228 valence electrons. The van der Waals surface area contributed by atoms with Crippen LogP contribution in [0.25, 0.3) is 16.7 Å². The number of carbonyl (C=O) groups excluding carboxylic acids is 1. The molecule has 2 aliphatic rings. The molecule has 1 amide bonds. The molecule has 0 saturated carbocycles. The first-order chi connectivity index (χ1) is 20.7. The van der Waals surface area contributed by atoms with Crippen molar-refractivity contribution < 1.29 is 27.8 Å². The van der Waals surface area contributed by atoms with E-state index in [-0.39, 0.29) is 38.0 Å². The van der Waals surface area contributed by atoms with Gasteiger partial charge in [0.05, 0.1) is 37.2 Å². The number of piperidine rings is 1. The van der Waals surface area contributed by atoms with E-state index in [0.29, 0.717) is 24.2 Å². The van der Waals surface area contributed by atoms with Crippen LogP contribution in [0.1, 0.15) is 25.3 Å². The number of aliphatic hydroxyl groups is 1. The van der Waals surface area contributed by atoms with Crippen molar-refractivity contribution in [3.63, 3.8) is 0 Å². The fourth-order valence-corrected chi connectivity index (χ4v) is 5.77. The van der Waals surface area contributed by atoms with Crippen LogP contribution in [0.5, 0.6) is 0 Å². The number of ether oxygens (including phenoxy) is 1. The second-order valence-corrected chi connectivity index (χ2v) is 11.0. The smallest absolute Gasteiger partial charge is 0.262 e. The maximum absolute atomic E-state index is 13.6. The normalized spacial score (nSPS) is 18.0. The Labute approximate surface area is 244 Å². The summed E-state index contributed by atoms with van der Waals surface area (Å²) in [4.78, 5) is 34.3. The van der Waals surface area contributed by atoms with Crippen molar-refractivity contribution in [2.24, 2.45) is 0 Å². The third-order valence-corrected chi connectivity index (χ3v) is 8.28. The highest BCUT2D eigenvalue weighted by atomic mass is 19.3. The molecule has 6 rings (SSSR count). The highest BCUT2D eigenvalue weighted by Crippen LogP contribution is 2.27. The Morgan fingerprint density at radius 1 is 1.00 bits per heavy atom. The summed E-state index contributed by atoms with van der Waals surface area (Å²) in [5, 5.41) is 15.1. The lowest BCUT2D eigenvalue weighted by Gasteiger charge is -2.38. The summed E-state index contributed by atoms with van der Waals surface area (Å²) in [5.74, 6) is -1.44. The molecule has 0 aliphatic carbocycles. The Kier molecular flexibility index (Phi) is 7.97. The zero-order valence-corrected chi connectivity index (χ0v) is 23.4. The van der Waals surface area contributed by atoms with E-state index in [1.54, 1.807) is 12.3 Å². The van der Waals surface area contributed by atoms with Crippen LogP contribution in [0.3, 0.4) is 0 Å². The minimum absolute atomic E-state index is 0.0253. The molecule has 1 aromatic carbocycles. The highest BCUT2D eigenvalue weighted by molar-refractivity contribution is 5.77. The maximum Gasteiger partial charge on any atom is 0.262 e. The number of amides is 1. The number of carbonyl (C=O) groups is 1. The minimum atomic E-state index is -2.91. The van der Waals surface area contributed by atoms with E-state index >= 15 is 0 Å². The summed E-state index contributed by atoms with van der Waals surface area (Å²) in [5.41, 5.74) is 0.868. The summed E-state index contributed by atoms with van der Waals surface area (Å²) in [6.45, 7) is 3.29. The Bertz CT molecular complexity index is 1640. The number of hydrogen-bond donors (Lipinski definition) is 1. The van der Waals surface area contributed by atoms with Crippen LogP contribution < -0.4 is 10.5 Å². The fraction of sp³-hybridized carbons (Fsp3) is 0.448. The largest absolute Gasteiger partial charge is 0.388 e. The summed E-state index contributed by atoms with van der Waals surface area (Å²) in [6, 6.07) is 9.08. The third kappa shape index (κ3) is 6.02. The first-order valence-corrected chi connectivity index (χ1v) is 14.2. The van der Waals surface area contributed by atoms with Crippen molar-refractivity contribution in [1.82, 2.24) is 28.8 Å². The van der Waals surface area contributed by atoms with Crippen LogP contribution in [0.2, 0.25) is 0 Å². The van der Waals surface area contributed by atoms with Crippen LogP contribution in [-0.4, -0.2) is 91.2 Å². The average Bonchev–Trinajstić information content (AvgIpc) is 3.64. The van der Waals surface area contributed by atoms with Crippen molar-refractivity contribution in [3.8, 4) is 5.69 Å². The standard InChI is InChI=1S/C29H32F3N7O4/c30-24-6-10-39(34-24)23(26(31)32)17-25(40)36-11-7-29(42,8-12-36)18-37-19-33-27-22(28(37)41)5-9-38(27)21-3-1-20(2-4-21)35-13-15-43-16-14-35/h1-6,9-10,19,23,26,42H,7-8,11-18H2/t23-/m0/s1. The molecule has 11 nitrogen and oxygen atoms in total. The summed E-state index contributed by atoms with van der Waals surface area (Å²) in [7, 11) is 0. The lowest BCUT2D eigenvalue weighted by molar-refractivity contribution is -0.138. The van der Waals surface area contributed by atoms with E-state index < -0.39 is 36.3 Å². The minimum Gasteiger partial charge on any atom is -0.388 e. The number of benzene rings is 1. The van der Waals surface area contributed by atoms with Crippen LogP contribution in [0.4, 0.5) is 18.9 Å². The predicted molar refractivity (Wildman–Crippen MR) is 151 cm³/mol. The molecule has 4 aromatic rings. The number of halogens is 3. The van der Waals surface area contributed by atoms with Crippen LogP contribution in [0.15, 0.2) is 59.9 Å². The lowest BCUT2D eigenvalue weighted by atomic mass is 9.91. The zero-order valence-electron chi connectivity index (χ0n) is 23.4. The van der Waals surface area contributed by atoms with E-state index in [9.17, 15) is 27.9 Å². The molecule has 1 atom stereocenters. The number of rotatable bonds is 8. The van der Waals surface area contributed by atoms with Gasteiger partial charge in [-0.25, -0.2) is 13.8 Å². The Hall–Kier alpha value is -4.17. The van der Waals surface area contributed by atoms with Gasteiger partial charge >= 0.3 is 0 Å². The molecule has 0 spiro atoms. The van der Waals surface area contributed by atoms with Gasteiger partial charge in [0, 0.05) is 56.0 Å². The van der Waals surface area contributed by atoms with Gasteiger partial charge in [-0.05, 0) is 43.2 Å². The van der Waals surface area contributed by atoms with Gasteiger partial charge in [0.15, 0.2) is 5.65 Å². The molecular weight excluding hydrogens is 567 g/mol. The summed E-state index contributed by atoms with van der Waals surface area (Å²) >= 11 is 0. The molecule has 43 heavy (non-hydrogen) atoms. The second kappa shape index (κ2) is 11.8. The number of nitrogens with zero attached hydrogens (tertiary/aromatic N) is 7. The Balaban J connectivity index is 1.11. The quantitative estimate of drug-likeness (QED) is 0.332. The number of likely N-dealkylation sites (tertiary alicyclic amines) is 1. The average molecular weight is 600 g/mol. The molecular formula is C29H32F3N7O4. The molecule has 3 aromatic heterocycles. The van der Waals surface area contributed by atoms with Crippen molar-refractivity contribution in [2.75, 3.05) is 44.3 Å². The summed E-state index contributed by atoms with van der Waals surface area (Å²) < 4.78 is 49.8. The number of fused-ring (bicyclic) bond motifs is 1. The molecule has 0 unspecified atom stereocenters. The molecule has 1 N–H and O–H groups in total. The number of alkyl halides is 2.